The number of nitrogens with two attached hydrogens (primary N) is 2. The summed E-state index contributed by atoms with van der Waals surface area (Å²) in [5, 5.41) is 9.19. The summed E-state index contributed by atoms with van der Waals surface area (Å²) in [4.78, 5) is 0. The van der Waals surface area contributed by atoms with Crippen LogP contribution in [0.3, 0.4) is 0 Å². The second-order valence-electron chi connectivity index (χ2n) is 2.56. The summed E-state index contributed by atoms with van der Waals surface area (Å²) in [7, 11) is 0. The number of rotatable bonds is 1. The molecule has 1 rings (SSSR count). The maximum Gasteiger partial charge on any atom is 0.0782 e. The minimum Gasteiger partial charge on any atom is -0.399 e. The van der Waals surface area contributed by atoms with E-state index in [1.165, 1.54) is 0 Å². The fourth-order valence-corrected chi connectivity index (χ4v) is 0.955. The zero-order chi connectivity index (χ0) is 8.43. The molecule has 0 aliphatic carbocycles. The normalized spacial score (nSPS) is 10.9. The van der Waals surface area contributed by atoms with Gasteiger partial charge in [-0.3, -0.25) is 0 Å². The number of benzene rings is 1. The molecular weight excluding hydrogens is 211 g/mol. The van der Waals surface area contributed by atoms with Crippen LogP contribution in [0.15, 0.2) is 18.2 Å². The van der Waals surface area contributed by atoms with E-state index in [1.807, 2.05) is 0 Å². The van der Waals surface area contributed by atoms with Crippen LogP contribution < -0.4 is 11.5 Å². The largest absolute Gasteiger partial charge is 0.399 e. The van der Waals surface area contributed by atoms with Crippen LogP contribution in [0.1, 0.15) is 18.6 Å². The number of halogens is 2. The van der Waals surface area contributed by atoms with Crippen LogP contribution in [0, 0.1) is 0 Å². The molecule has 0 radical (unpaired) electrons. The van der Waals surface area contributed by atoms with Crippen molar-refractivity contribution in [2.45, 2.75) is 13.0 Å². The highest BCUT2D eigenvalue weighted by atomic mass is 35.5. The Morgan fingerprint density at radius 3 is 2.15 bits per heavy atom. The number of hydrogen-bond donors (Lipinski definition) is 3. The molecule has 1 aromatic carbocycles. The highest BCUT2D eigenvalue weighted by Crippen LogP contribution is 2.21. The number of anilines is 2. The third kappa shape index (κ3) is 3.72. The van der Waals surface area contributed by atoms with Crippen molar-refractivity contribution >= 4 is 36.2 Å². The average molecular weight is 225 g/mol. The van der Waals surface area contributed by atoms with Gasteiger partial charge >= 0.3 is 0 Å². The van der Waals surface area contributed by atoms with Crippen molar-refractivity contribution in [1.29, 1.82) is 0 Å². The van der Waals surface area contributed by atoms with E-state index in [-0.39, 0.29) is 24.8 Å². The molecule has 0 heterocycles. The van der Waals surface area contributed by atoms with Crippen LogP contribution in [0.4, 0.5) is 11.4 Å². The molecule has 1 atom stereocenters. The van der Waals surface area contributed by atoms with E-state index in [1.54, 1.807) is 25.1 Å². The number of nitrogen functional groups attached to an aromatic ring is 2. The monoisotopic (exact) mass is 224 g/mol. The van der Waals surface area contributed by atoms with E-state index in [2.05, 4.69) is 0 Å². The molecule has 0 fully saturated rings. The van der Waals surface area contributed by atoms with Crippen LogP contribution >= 0.6 is 24.8 Å². The molecule has 0 saturated carbocycles. The highest BCUT2D eigenvalue weighted by molar-refractivity contribution is 5.85. The van der Waals surface area contributed by atoms with Gasteiger partial charge in [-0.25, -0.2) is 0 Å². The Balaban J connectivity index is 0. The van der Waals surface area contributed by atoms with E-state index >= 15 is 0 Å². The molecule has 3 nitrogen and oxygen atoms in total. The van der Waals surface area contributed by atoms with Gasteiger partial charge in [-0.2, -0.15) is 0 Å². The van der Waals surface area contributed by atoms with Gasteiger partial charge in [0.05, 0.1) is 6.10 Å². The van der Waals surface area contributed by atoms with Crippen molar-refractivity contribution in [2.75, 3.05) is 11.5 Å². The van der Waals surface area contributed by atoms with Gasteiger partial charge in [0.2, 0.25) is 0 Å². The van der Waals surface area contributed by atoms with Gasteiger partial charge < -0.3 is 16.6 Å². The maximum absolute atomic E-state index is 9.19. The predicted octanol–water partition coefficient (Wildman–Crippen LogP) is 1.75. The van der Waals surface area contributed by atoms with Crippen molar-refractivity contribution in [2.24, 2.45) is 0 Å². The first kappa shape index (κ1) is 14.9. The Morgan fingerprint density at radius 1 is 1.23 bits per heavy atom. The van der Waals surface area contributed by atoms with Gasteiger partial charge in [0.1, 0.15) is 0 Å². The van der Waals surface area contributed by atoms with Gasteiger partial charge in [0.15, 0.2) is 0 Å². The van der Waals surface area contributed by atoms with Crippen molar-refractivity contribution in [3.8, 4) is 0 Å². The van der Waals surface area contributed by atoms with E-state index in [0.717, 1.165) is 0 Å². The summed E-state index contributed by atoms with van der Waals surface area (Å²) >= 11 is 0. The Kier molecular flexibility index (Phi) is 6.76. The van der Waals surface area contributed by atoms with Gasteiger partial charge in [-0.1, -0.05) is 0 Å². The van der Waals surface area contributed by atoms with Gasteiger partial charge in [0, 0.05) is 16.9 Å². The molecule has 0 aliphatic heterocycles. The van der Waals surface area contributed by atoms with E-state index in [9.17, 15) is 5.11 Å². The van der Waals surface area contributed by atoms with Crippen LogP contribution in [-0.2, 0) is 0 Å². The SMILES string of the molecule is CC(O)c1cc(N)ccc1N.Cl.Cl. The second kappa shape index (κ2) is 5.91. The summed E-state index contributed by atoms with van der Waals surface area (Å²) < 4.78 is 0. The number of aliphatic hydroxyl groups excluding tert-OH is 1. The van der Waals surface area contributed by atoms with Gasteiger partial charge in [-0.15, -0.1) is 24.8 Å². The van der Waals surface area contributed by atoms with Crippen molar-refractivity contribution in [3.05, 3.63) is 23.8 Å². The minimum absolute atomic E-state index is 0. The smallest absolute Gasteiger partial charge is 0.0782 e. The third-order valence-corrected chi connectivity index (χ3v) is 1.56. The number of aliphatic hydroxyl groups is 1. The van der Waals surface area contributed by atoms with Gasteiger partial charge in [-0.05, 0) is 25.1 Å². The Hall–Kier alpha value is -0.640. The lowest BCUT2D eigenvalue weighted by Crippen LogP contribution is -1.99. The predicted molar refractivity (Wildman–Crippen MR) is 60.4 cm³/mol. The molecule has 0 saturated heterocycles. The van der Waals surface area contributed by atoms with E-state index in [0.29, 0.717) is 16.9 Å². The summed E-state index contributed by atoms with van der Waals surface area (Å²) in [6, 6.07) is 5.08. The summed E-state index contributed by atoms with van der Waals surface area (Å²) in [5.74, 6) is 0. The minimum atomic E-state index is -0.557. The van der Waals surface area contributed by atoms with E-state index < -0.39 is 6.10 Å². The molecule has 76 valence electrons. The fraction of sp³-hybridized carbons (Fsp3) is 0.250. The van der Waals surface area contributed by atoms with Crippen LogP contribution in [0.25, 0.3) is 0 Å². The molecule has 5 heteroatoms. The lowest BCUT2D eigenvalue weighted by atomic mass is 10.1. The second-order valence-corrected chi connectivity index (χ2v) is 2.56. The molecule has 0 spiro atoms. The maximum atomic E-state index is 9.19. The fourth-order valence-electron chi connectivity index (χ4n) is 0.955. The number of hydrogen-bond acceptors (Lipinski definition) is 3. The quantitative estimate of drug-likeness (QED) is 0.637. The third-order valence-electron chi connectivity index (χ3n) is 1.56. The highest BCUT2D eigenvalue weighted by Gasteiger charge is 2.04. The van der Waals surface area contributed by atoms with Gasteiger partial charge in [0.25, 0.3) is 0 Å². The first-order valence-electron chi connectivity index (χ1n) is 3.44. The summed E-state index contributed by atoms with van der Waals surface area (Å²) in [6.45, 7) is 1.66. The molecule has 0 aromatic heterocycles. The zero-order valence-electron chi connectivity index (χ0n) is 7.23. The molecule has 0 amide bonds. The topological polar surface area (TPSA) is 72.3 Å². The molecule has 1 aromatic rings. The summed E-state index contributed by atoms with van der Waals surface area (Å²) in [6.07, 6.45) is -0.557. The van der Waals surface area contributed by atoms with Crippen molar-refractivity contribution < 1.29 is 5.11 Å². The Labute approximate surface area is 89.9 Å². The zero-order valence-corrected chi connectivity index (χ0v) is 8.86. The lowest BCUT2D eigenvalue weighted by molar-refractivity contribution is 0.200. The van der Waals surface area contributed by atoms with Crippen LogP contribution in [0.5, 0.6) is 0 Å². The van der Waals surface area contributed by atoms with Crippen molar-refractivity contribution in [1.82, 2.24) is 0 Å². The molecule has 13 heavy (non-hydrogen) atoms. The molecule has 0 aliphatic rings. The summed E-state index contributed by atoms with van der Waals surface area (Å²) in [5.41, 5.74) is 13.0. The van der Waals surface area contributed by atoms with Crippen LogP contribution in [0.2, 0.25) is 0 Å². The standard InChI is InChI=1S/C8H12N2O.2ClH/c1-5(11)7-4-6(9)2-3-8(7)10;;/h2-5,11H,9-10H2,1H3;2*1H. The molecule has 5 N–H and O–H groups in total. The lowest BCUT2D eigenvalue weighted by Gasteiger charge is -2.08. The molecule has 1 unspecified atom stereocenters. The van der Waals surface area contributed by atoms with Crippen molar-refractivity contribution in [3.63, 3.8) is 0 Å². The van der Waals surface area contributed by atoms with Crippen LogP contribution in [-0.4, -0.2) is 5.11 Å². The molecule has 0 bridgehead atoms. The average Bonchev–Trinajstić information content (AvgIpc) is 1.94. The first-order chi connectivity index (χ1) is 5.11. The Morgan fingerprint density at radius 2 is 1.77 bits per heavy atom. The Bertz CT molecular complexity index is 266. The first-order valence-corrected chi connectivity index (χ1v) is 3.44. The molecular formula is C8H14Cl2N2O. The van der Waals surface area contributed by atoms with E-state index in [4.69, 9.17) is 11.5 Å².